The second-order valence-electron chi connectivity index (χ2n) is 8.38. The van der Waals surface area contributed by atoms with Crippen LogP contribution in [0, 0.1) is 41.8 Å². The number of benzene rings is 4. The lowest BCUT2D eigenvalue weighted by Gasteiger charge is -2.20. The van der Waals surface area contributed by atoms with Crippen LogP contribution in [0.4, 0.5) is 48.3 Å². The number of halogens is 11. The Morgan fingerprint density at radius 1 is 0.525 bits per heavy atom. The van der Waals surface area contributed by atoms with E-state index in [-0.39, 0.29) is 11.1 Å². The summed E-state index contributed by atoms with van der Waals surface area (Å²) in [5, 5.41) is 0. The van der Waals surface area contributed by atoms with Crippen LogP contribution < -0.4 is 9.47 Å². The molecule has 0 aliphatic rings. The van der Waals surface area contributed by atoms with Gasteiger partial charge in [0.1, 0.15) is 34.6 Å². The molecule has 0 fully saturated rings. The summed E-state index contributed by atoms with van der Waals surface area (Å²) in [7, 11) is 0. The molecular formula is C27H13F11O2. The van der Waals surface area contributed by atoms with Crippen molar-refractivity contribution in [1.82, 2.24) is 0 Å². The number of aryl methyl sites for hydroxylation is 1. The quantitative estimate of drug-likeness (QED) is 0.213. The van der Waals surface area contributed by atoms with Crippen molar-refractivity contribution in [2.75, 3.05) is 0 Å². The van der Waals surface area contributed by atoms with Gasteiger partial charge in [0.05, 0.1) is 0 Å². The minimum atomic E-state index is -5.42. The Morgan fingerprint density at radius 2 is 1.00 bits per heavy atom. The third-order valence-electron chi connectivity index (χ3n) is 5.48. The number of hydrogen-bond acceptors (Lipinski definition) is 2. The van der Waals surface area contributed by atoms with Crippen LogP contribution in [0.2, 0.25) is 0 Å². The maximum Gasteiger partial charge on any atom is 0.573 e. The van der Waals surface area contributed by atoms with E-state index >= 15 is 0 Å². The fourth-order valence-corrected chi connectivity index (χ4v) is 3.78. The standard InChI is InChI=1S/C27H13F11O2/c1-12-2-4-16(18(28)6-12)13-7-20(30)24(21(31)8-13)26(34,35)39-15-3-5-17(19(29)11-15)14-9-22(32)25(23(33)10-14)40-27(36,37)38/h2-11H,1H3. The van der Waals surface area contributed by atoms with E-state index in [4.69, 9.17) is 0 Å². The highest BCUT2D eigenvalue weighted by Crippen LogP contribution is 2.39. The van der Waals surface area contributed by atoms with Gasteiger partial charge in [0.15, 0.2) is 11.6 Å². The van der Waals surface area contributed by atoms with Gasteiger partial charge in [-0.1, -0.05) is 12.1 Å². The molecule has 0 amide bonds. The average Bonchev–Trinajstić information content (AvgIpc) is 2.80. The summed E-state index contributed by atoms with van der Waals surface area (Å²) in [4.78, 5) is 0. The Kier molecular flexibility index (Phi) is 7.43. The SMILES string of the molecule is Cc1ccc(-c2cc(F)c(C(F)(F)Oc3ccc(-c4cc(F)c(OC(F)(F)F)c(F)c4)c(F)c3)c(F)c2)c(F)c1. The second kappa shape index (κ2) is 10.4. The Bertz CT molecular complexity index is 1550. The minimum absolute atomic E-state index is 0.261. The molecule has 0 unspecified atom stereocenters. The maximum absolute atomic E-state index is 14.8. The molecule has 4 aromatic rings. The van der Waals surface area contributed by atoms with Gasteiger partial charge in [0.2, 0.25) is 5.75 Å². The number of rotatable bonds is 6. The Morgan fingerprint density at radius 3 is 1.48 bits per heavy atom. The van der Waals surface area contributed by atoms with E-state index in [0.717, 1.165) is 6.07 Å². The number of hydrogen-bond donors (Lipinski definition) is 0. The molecule has 0 saturated carbocycles. The predicted octanol–water partition coefficient (Wildman–Crippen LogP) is 9.19. The summed E-state index contributed by atoms with van der Waals surface area (Å²) in [5.74, 6) is -12.3. The molecule has 0 aliphatic carbocycles. The Hall–Kier alpha value is -4.29. The van der Waals surface area contributed by atoms with E-state index in [1.54, 1.807) is 6.92 Å². The normalized spacial score (nSPS) is 12.0. The predicted molar refractivity (Wildman–Crippen MR) is 119 cm³/mol. The van der Waals surface area contributed by atoms with Gasteiger partial charge in [-0.25, -0.2) is 26.3 Å². The summed E-state index contributed by atoms with van der Waals surface area (Å²) in [5.41, 5.74) is -3.28. The van der Waals surface area contributed by atoms with Crippen molar-refractivity contribution in [3.63, 3.8) is 0 Å². The first-order chi connectivity index (χ1) is 18.6. The molecule has 13 heteroatoms. The van der Waals surface area contributed by atoms with Crippen molar-refractivity contribution in [2.45, 2.75) is 19.4 Å². The highest BCUT2D eigenvalue weighted by Gasteiger charge is 2.41. The van der Waals surface area contributed by atoms with Crippen LogP contribution in [0.1, 0.15) is 11.1 Å². The molecule has 0 atom stereocenters. The summed E-state index contributed by atoms with van der Waals surface area (Å²) in [6.07, 6.45) is -10.1. The molecule has 0 saturated heterocycles. The van der Waals surface area contributed by atoms with E-state index in [0.29, 0.717) is 48.0 Å². The lowest BCUT2D eigenvalue weighted by Crippen LogP contribution is -2.25. The second-order valence-corrected chi connectivity index (χ2v) is 8.38. The summed E-state index contributed by atoms with van der Waals surface area (Å²) >= 11 is 0. The molecule has 4 rings (SSSR count). The first-order valence-electron chi connectivity index (χ1n) is 10.9. The van der Waals surface area contributed by atoms with Crippen molar-refractivity contribution in [2.24, 2.45) is 0 Å². The molecule has 0 heterocycles. The smallest absolute Gasteiger partial charge is 0.429 e. The van der Waals surface area contributed by atoms with Crippen LogP contribution in [0.3, 0.4) is 0 Å². The molecule has 4 aromatic carbocycles. The zero-order chi connectivity index (χ0) is 29.6. The fraction of sp³-hybridized carbons (Fsp3) is 0.111. The van der Waals surface area contributed by atoms with E-state index in [9.17, 15) is 48.3 Å². The van der Waals surface area contributed by atoms with Gasteiger partial charge >= 0.3 is 12.5 Å². The molecular weight excluding hydrogens is 565 g/mol. The molecule has 2 nitrogen and oxygen atoms in total. The first kappa shape index (κ1) is 28.7. The average molecular weight is 578 g/mol. The van der Waals surface area contributed by atoms with Gasteiger partial charge in [-0.2, -0.15) is 8.78 Å². The van der Waals surface area contributed by atoms with Gasteiger partial charge in [-0.05, 0) is 66.1 Å². The van der Waals surface area contributed by atoms with E-state index in [1.807, 2.05) is 0 Å². The van der Waals surface area contributed by atoms with Crippen LogP contribution in [0.25, 0.3) is 22.3 Å². The van der Waals surface area contributed by atoms with Crippen molar-refractivity contribution in [3.8, 4) is 33.8 Å². The molecule has 0 spiro atoms. The number of ether oxygens (including phenoxy) is 2. The van der Waals surface area contributed by atoms with E-state index in [1.165, 1.54) is 12.1 Å². The van der Waals surface area contributed by atoms with E-state index < -0.39 is 75.6 Å². The maximum atomic E-state index is 14.8. The van der Waals surface area contributed by atoms with Gasteiger partial charge in [0.25, 0.3) is 0 Å². The number of alkyl halides is 5. The summed E-state index contributed by atoms with van der Waals surface area (Å²) < 4.78 is 160. The topological polar surface area (TPSA) is 18.5 Å². The Balaban J connectivity index is 1.62. The van der Waals surface area contributed by atoms with Gasteiger partial charge in [-0.3, -0.25) is 0 Å². The molecule has 0 aromatic heterocycles. The van der Waals surface area contributed by atoms with Crippen LogP contribution >= 0.6 is 0 Å². The van der Waals surface area contributed by atoms with Crippen molar-refractivity contribution < 1.29 is 57.8 Å². The molecule has 40 heavy (non-hydrogen) atoms. The third kappa shape index (κ3) is 5.97. The lowest BCUT2D eigenvalue weighted by atomic mass is 10.0. The fourth-order valence-electron chi connectivity index (χ4n) is 3.78. The molecule has 210 valence electrons. The highest BCUT2D eigenvalue weighted by molar-refractivity contribution is 5.67. The van der Waals surface area contributed by atoms with Crippen molar-refractivity contribution in [3.05, 3.63) is 107 Å². The monoisotopic (exact) mass is 578 g/mol. The lowest BCUT2D eigenvalue weighted by molar-refractivity contribution is -0.276. The van der Waals surface area contributed by atoms with Crippen LogP contribution in [0.15, 0.2) is 60.7 Å². The molecule has 0 radical (unpaired) electrons. The highest BCUT2D eigenvalue weighted by atomic mass is 19.4. The first-order valence-corrected chi connectivity index (χ1v) is 10.9. The Labute approximate surface area is 218 Å². The van der Waals surface area contributed by atoms with Gasteiger partial charge < -0.3 is 9.47 Å². The van der Waals surface area contributed by atoms with Crippen LogP contribution in [-0.2, 0) is 6.11 Å². The zero-order valence-electron chi connectivity index (χ0n) is 19.7. The van der Waals surface area contributed by atoms with E-state index in [2.05, 4.69) is 9.47 Å². The molecule has 0 aliphatic heterocycles. The van der Waals surface area contributed by atoms with Crippen molar-refractivity contribution >= 4 is 0 Å². The molecule has 0 bridgehead atoms. The zero-order valence-corrected chi connectivity index (χ0v) is 19.7. The molecule has 0 N–H and O–H groups in total. The van der Waals surface area contributed by atoms with Crippen molar-refractivity contribution in [1.29, 1.82) is 0 Å². The van der Waals surface area contributed by atoms with Crippen LogP contribution in [-0.4, -0.2) is 6.36 Å². The summed E-state index contributed by atoms with van der Waals surface area (Å²) in [6, 6.07) is 6.89. The largest absolute Gasteiger partial charge is 0.573 e. The minimum Gasteiger partial charge on any atom is -0.429 e. The summed E-state index contributed by atoms with van der Waals surface area (Å²) in [6.45, 7) is 1.56. The van der Waals surface area contributed by atoms with Crippen LogP contribution in [0.5, 0.6) is 11.5 Å². The van der Waals surface area contributed by atoms with Gasteiger partial charge in [0, 0.05) is 17.2 Å². The van der Waals surface area contributed by atoms with Gasteiger partial charge in [-0.15, -0.1) is 13.2 Å². The third-order valence-corrected chi connectivity index (χ3v) is 5.48.